The van der Waals surface area contributed by atoms with Crippen molar-refractivity contribution in [3.8, 4) is 11.5 Å². The predicted molar refractivity (Wildman–Crippen MR) is 169 cm³/mol. The Labute approximate surface area is 269 Å². The molecule has 2 aliphatic heterocycles. The minimum absolute atomic E-state index is 0.131. The molecular formula is C34H29Cl2N3O6. The van der Waals surface area contributed by atoms with Gasteiger partial charge in [0.15, 0.2) is 9.75 Å². The number of alkyl halides is 2. The topological polar surface area (TPSA) is 116 Å². The Hall–Kier alpha value is -4.34. The number of likely N-dealkylation sites (tertiary alicyclic amines) is 1. The molecule has 3 aromatic carbocycles. The second-order valence-corrected chi connectivity index (χ2v) is 13.2. The molecule has 45 heavy (non-hydrogen) atoms. The molecule has 0 aromatic heterocycles. The standard InChI is InChI=1S/C34H29Cl2N3O6/c1-38-31(43)33(35)17-25-22(28(34(33,36)32(38)44)24-16-21(45-2)12-15-26(24)40)13-14-23-27(25)30(42)39(29(23)41)20-10-8-19(9-11-20)37-18-6-4-3-5-7-18/h3-13,15-16,23,25,27-28,37,40H,14,17H2,1-2H3/t23-,25+,27-,28+,33+,34-/m0/s1. The number of para-hydroxylation sites is 1. The molecule has 1 saturated carbocycles. The lowest BCUT2D eigenvalue weighted by Crippen LogP contribution is -2.60. The zero-order chi connectivity index (χ0) is 31.8. The van der Waals surface area contributed by atoms with Crippen LogP contribution in [0, 0.1) is 17.8 Å². The second kappa shape index (κ2) is 10.4. The maximum Gasteiger partial charge on any atom is 0.253 e. The summed E-state index contributed by atoms with van der Waals surface area (Å²) in [5.74, 6) is -5.23. The van der Waals surface area contributed by atoms with Crippen LogP contribution in [0.4, 0.5) is 17.1 Å². The number of allylic oxidation sites excluding steroid dienone is 2. The van der Waals surface area contributed by atoms with Crippen LogP contribution in [-0.2, 0) is 19.2 Å². The summed E-state index contributed by atoms with van der Waals surface area (Å²) in [6.45, 7) is 0. The number of amides is 4. The Kier molecular flexibility index (Phi) is 6.76. The van der Waals surface area contributed by atoms with Crippen LogP contribution in [0.3, 0.4) is 0 Å². The van der Waals surface area contributed by atoms with Crippen LogP contribution < -0.4 is 15.0 Å². The normalized spacial score (nSPS) is 30.5. The highest BCUT2D eigenvalue weighted by molar-refractivity contribution is 6.53. The number of phenols is 1. The highest BCUT2D eigenvalue weighted by Gasteiger charge is 2.76. The van der Waals surface area contributed by atoms with Crippen molar-refractivity contribution in [3.63, 3.8) is 0 Å². The Morgan fingerprint density at radius 1 is 0.889 bits per heavy atom. The van der Waals surface area contributed by atoms with Gasteiger partial charge in [0.05, 0.1) is 24.6 Å². The molecule has 11 heteroatoms. The number of rotatable bonds is 5. The maximum atomic E-state index is 14.2. The van der Waals surface area contributed by atoms with Crippen LogP contribution >= 0.6 is 23.2 Å². The van der Waals surface area contributed by atoms with Crippen LogP contribution in [0.1, 0.15) is 24.3 Å². The van der Waals surface area contributed by atoms with Gasteiger partial charge in [0, 0.05) is 29.9 Å². The SMILES string of the molecule is COc1ccc(O)c([C@H]2C3=CC[C@@H]4C(=O)N(c5ccc(Nc6ccccc6)cc5)C(=O)[C@@H]4[C@@H]3C[C@@]3(Cl)C(=O)N(C)C(=O)[C@@]23Cl)c1. The third-order valence-electron chi connectivity index (χ3n) is 9.75. The molecular weight excluding hydrogens is 617 g/mol. The first kappa shape index (κ1) is 29.4. The van der Waals surface area contributed by atoms with Crippen molar-refractivity contribution in [2.24, 2.45) is 17.8 Å². The quantitative estimate of drug-likeness (QED) is 0.219. The first-order valence-electron chi connectivity index (χ1n) is 14.6. The van der Waals surface area contributed by atoms with Crippen molar-refractivity contribution >= 4 is 63.9 Å². The number of halogens is 2. The number of nitrogens with zero attached hydrogens (tertiary/aromatic N) is 2. The number of fused-ring (bicyclic) bond motifs is 4. The summed E-state index contributed by atoms with van der Waals surface area (Å²) in [6.07, 6.45) is 1.91. The molecule has 230 valence electrons. The van der Waals surface area contributed by atoms with Gasteiger partial charge in [-0.3, -0.25) is 29.0 Å². The van der Waals surface area contributed by atoms with Gasteiger partial charge >= 0.3 is 0 Å². The van der Waals surface area contributed by atoms with Gasteiger partial charge < -0.3 is 15.2 Å². The van der Waals surface area contributed by atoms with Gasteiger partial charge in [-0.2, -0.15) is 0 Å². The number of carbonyl (C=O) groups is 4. The zero-order valence-corrected chi connectivity index (χ0v) is 25.9. The molecule has 6 atom stereocenters. The van der Waals surface area contributed by atoms with Crippen LogP contribution in [0.15, 0.2) is 84.4 Å². The highest BCUT2D eigenvalue weighted by Crippen LogP contribution is 2.66. The maximum absolute atomic E-state index is 14.2. The Bertz CT molecular complexity index is 1800. The number of benzene rings is 3. The number of ether oxygens (including phenoxy) is 1. The summed E-state index contributed by atoms with van der Waals surface area (Å²) in [5, 5.41) is 14.4. The van der Waals surface area contributed by atoms with Crippen LogP contribution in [0.25, 0.3) is 0 Å². The van der Waals surface area contributed by atoms with E-state index in [2.05, 4.69) is 5.32 Å². The number of hydrogen-bond donors (Lipinski definition) is 2. The summed E-state index contributed by atoms with van der Waals surface area (Å²) in [6, 6.07) is 21.2. The van der Waals surface area contributed by atoms with Gasteiger partial charge in [-0.15, -0.1) is 23.2 Å². The average molecular weight is 647 g/mol. The molecule has 2 aliphatic carbocycles. The number of nitrogens with one attached hydrogen (secondary N) is 1. The van der Waals surface area contributed by atoms with Crippen molar-refractivity contribution in [3.05, 3.63) is 90.0 Å². The lowest BCUT2D eigenvalue weighted by Gasteiger charge is -2.50. The summed E-state index contributed by atoms with van der Waals surface area (Å²) >= 11 is 14.4. The van der Waals surface area contributed by atoms with E-state index in [1.165, 1.54) is 25.1 Å². The molecule has 0 unspecified atom stereocenters. The van der Waals surface area contributed by atoms with E-state index in [4.69, 9.17) is 27.9 Å². The third kappa shape index (κ3) is 4.06. The van der Waals surface area contributed by atoms with E-state index in [9.17, 15) is 24.3 Å². The molecule has 0 spiro atoms. The molecule has 3 fully saturated rings. The number of aromatic hydroxyl groups is 1. The number of carbonyl (C=O) groups excluding carboxylic acids is 4. The third-order valence-corrected chi connectivity index (χ3v) is 11.2. The van der Waals surface area contributed by atoms with E-state index in [-0.39, 0.29) is 30.1 Å². The van der Waals surface area contributed by atoms with Gasteiger partial charge in [-0.1, -0.05) is 29.8 Å². The first-order valence-corrected chi connectivity index (χ1v) is 15.3. The second-order valence-electron chi connectivity index (χ2n) is 12.0. The van der Waals surface area contributed by atoms with Gasteiger partial charge in [0.25, 0.3) is 11.8 Å². The van der Waals surface area contributed by atoms with Gasteiger partial charge in [-0.25, -0.2) is 0 Å². The van der Waals surface area contributed by atoms with E-state index in [1.807, 2.05) is 36.4 Å². The summed E-state index contributed by atoms with van der Waals surface area (Å²) in [4.78, 5) is 53.6. The summed E-state index contributed by atoms with van der Waals surface area (Å²) in [7, 11) is 2.79. The Balaban J connectivity index is 1.29. The number of phenolic OH excluding ortho intramolecular Hbond substituents is 1. The number of hydrogen-bond acceptors (Lipinski definition) is 7. The molecule has 7 rings (SSSR count). The lowest BCUT2D eigenvalue weighted by atomic mass is 9.56. The number of anilines is 3. The minimum Gasteiger partial charge on any atom is -0.508 e. The van der Waals surface area contributed by atoms with Crippen LogP contribution in [-0.4, -0.2) is 57.5 Å². The fourth-order valence-corrected chi connectivity index (χ4v) is 8.63. The van der Waals surface area contributed by atoms with E-state index in [0.29, 0.717) is 17.0 Å². The molecule has 4 amide bonds. The van der Waals surface area contributed by atoms with E-state index in [0.717, 1.165) is 16.3 Å². The van der Waals surface area contributed by atoms with E-state index < -0.39 is 51.1 Å². The summed E-state index contributed by atoms with van der Waals surface area (Å²) < 4.78 is 5.40. The lowest BCUT2D eigenvalue weighted by molar-refractivity contribution is -0.138. The highest BCUT2D eigenvalue weighted by atomic mass is 35.5. The van der Waals surface area contributed by atoms with Gasteiger partial charge in [-0.05, 0) is 73.4 Å². The van der Waals surface area contributed by atoms with Gasteiger partial charge in [0.1, 0.15) is 11.5 Å². The van der Waals surface area contributed by atoms with Crippen molar-refractivity contribution in [1.29, 1.82) is 0 Å². The molecule has 2 heterocycles. The van der Waals surface area contributed by atoms with Gasteiger partial charge in [0.2, 0.25) is 11.8 Å². The predicted octanol–water partition coefficient (Wildman–Crippen LogP) is 5.34. The molecule has 0 bridgehead atoms. The fourth-order valence-electron chi connectivity index (χ4n) is 7.62. The molecule has 2 saturated heterocycles. The fraction of sp³-hybridized carbons (Fsp3) is 0.294. The number of methoxy groups -OCH3 is 1. The first-order chi connectivity index (χ1) is 21.5. The smallest absolute Gasteiger partial charge is 0.253 e. The molecule has 4 aliphatic rings. The monoisotopic (exact) mass is 645 g/mol. The van der Waals surface area contributed by atoms with Crippen molar-refractivity contribution in [2.45, 2.75) is 28.5 Å². The van der Waals surface area contributed by atoms with E-state index in [1.54, 1.807) is 36.4 Å². The summed E-state index contributed by atoms with van der Waals surface area (Å²) in [5.41, 5.74) is 2.95. The van der Waals surface area contributed by atoms with E-state index >= 15 is 0 Å². The minimum atomic E-state index is -1.99. The zero-order valence-electron chi connectivity index (χ0n) is 24.4. The Morgan fingerprint density at radius 3 is 2.27 bits per heavy atom. The molecule has 9 nitrogen and oxygen atoms in total. The van der Waals surface area contributed by atoms with Crippen molar-refractivity contribution < 1.29 is 29.0 Å². The molecule has 2 N–H and O–H groups in total. The molecule has 0 radical (unpaired) electrons. The van der Waals surface area contributed by atoms with Crippen LogP contribution in [0.2, 0.25) is 0 Å². The largest absolute Gasteiger partial charge is 0.508 e. The average Bonchev–Trinajstić information content (AvgIpc) is 3.37. The van der Waals surface area contributed by atoms with Crippen molar-refractivity contribution in [2.75, 3.05) is 24.4 Å². The molecule has 3 aromatic rings. The van der Waals surface area contributed by atoms with Crippen LogP contribution in [0.5, 0.6) is 11.5 Å². The van der Waals surface area contributed by atoms with Crippen molar-refractivity contribution in [1.82, 2.24) is 4.90 Å². The Morgan fingerprint density at radius 2 is 1.58 bits per heavy atom. The number of imide groups is 2.